The number of rotatable bonds is 28. The van der Waals surface area contributed by atoms with Crippen LogP contribution in [-0.2, 0) is 9.53 Å². The lowest BCUT2D eigenvalue weighted by Gasteiger charge is -2.42. The van der Waals surface area contributed by atoms with E-state index >= 15 is 0 Å². The number of halogens is 17. The smallest absolute Gasteiger partial charge is 0.460 e. The van der Waals surface area contributed by atoms with Crippen molar-refractivity contribution in [3.05, 3.63) is 54.1 Å². The average molecular weight is 1000 g/mol. The number of carbonyl (C=O) groups excluding carboxylic acids is 2. The Kier molecular flexibility index (Phi) is 19.9. The molecule has 1 amide bonds. The number of carbonyl (C=O) groups is 2. The van der Waals surface area contributed by atoms with Crippen molar-refractivity contribution in [2.45, 2.75) is 132 Å². The van der Waals surface area contributed by atoms with E-state index in [0.29, 0.717) is 18.0 Å². The number of ether oxygens (including phenoxy) is 2. The van der Waals surface area contributed by atoms with Crippen LogP contribution >= 0.6 is 0 Å². The third-order valence-corrected chi connectivity index (χ3v) is 9.98. The summed E-state index contributed by atoms with van der Waals surface area (Å²) in [7, 11) is 6.55. The molecule has 0 aliphatic heterocycles. The van der Waals surface area contributed by atoms with Crippen LogP contribution in [0.1, 0.15) is 88.4 Å². The molecule has 0 heterocycles. The number of hydrogen-bond donors (Lipinski definition) is 1. The van der Waals surface area contributed by atoms with Crippen molar-refractivity contribution < 1.29 is 98.2 Å². The number of nitrogens with zero attached hydrogens (tertiary/aromatic N) is 3. The second-order valence-corrected chi connectivity index (χ2v) is 17.2. The Hall–Kier alpha value is -4.45. The first kappa shape index (κ1) is 58.7. The minimum Gasteiger partial charge on any atom is -0.494 e. The second-order valence-electron chi connectivity index (χ2n) is 17.2. The number of unbranched alkanes of at least 4 members (excludes halogenated alkanes) is 7. The van der Waals surface area contributed by atoms with E-state index < -0.39 is 84.5 Å². The Balaban J connectivity index is 1.98. The maximum absolute atomic E-state index is 14.4. The summed E-state index contributed by atoms with van der Waals surface area (Å²) >= 11 is 0. The molecule has 0 radical (unpaired) electrons. The van der Waals surface area contributed by atoms with Gasteiger partial charge in [-0.3, -0.25) is 4.79 Å². The van der Waals surface area contributed by atoms with Crippen molar-refractivity contribution in [2.75, 3.05) is 40.9 Å². The van der Waals surface area contributed by atoms with Crippen molar-refractivity contribution >= 4 is 23.3 Å². The molecule has 0 bridgehead atoms. The highest BCUT2D eigenvalue weighted by Gasteiger charge is 2.95. The zero-order valence-electron chi connectivity index (χ0n) is 36.9. The molecule has 1 N–H and O–H groups in total. The van der Waals surface area contributed by atoms with E-state index in [4.69, 9.17) is 4.74 Å². The van der Waals surface area contributed by atoms with Crippen LogP contribution in [0.2, 0.25) is 0 Å². The summed E-state index contributed by atoms with van der Waals surface area (Å²) in [6.45, 7) is 2.47. The lowest BCUT2D eigenvalue weighted by molar-refractivity contribution is -0.870. The molecule has 0 saturated carbocycles. The van der Waals surface area contributed by atoms with E-state index in [1.807, 2.05) is 0 Å². The fourth-order valence-corrected chi connectivity index (χ4v) is 6.00. The molecular weight excluding hydrogens is 947 g/mol. The van der Waals surface area contributed by atoms with E-state index in [9.17, 15) is 84.2 Å². The molecule has 0 aliphatic rings. The Bertz CT molecular complexity index is 1900. The van der Waals surface area contributed by atoms with Crippen molar-refractivity contribution in [1.82, 2.24) is 5.32 Å². The highest BCUT2D eigenvalue weighted by Crippen LogP contribution is 2.64. The van der Waals surface area contributed by atoms with Crippen molar-refractivity contribution in [1.29, 1.82) is 0 Å². The van der Waals surface area contributed by atoms with Crippen LogP contribution in [0.5, 0.6) is 5.75 Å². The predicted octanol–water partition coefficient (Wildman–Crippen LogP) is 13.4. The molecule has 2 rings (SSSR count). The van der Waals surface area contributed by atoms with Gasteiger partial charge >= 0.3 is 53.6 Å². The van der Waals surface area contributed by atoms with Gasteiger partial charge in [-0.1, -0.05) is 46.0 Å². The van der Waals surface area contributed by atoms with Crippen LogP contribution in [0.15, 0.2) is 58.8 Å². The Morgan fingerprint density at radius 3 is 1.43 bits per heavy atom. The van der Waals surface area contributed by atoms with Crippen LogP contribution in [-0.4, -0.2) is 111 Å². The summed E-state index contributed by atoms with van der Waals surface area (Å²) in [5.41, 5.74) is 0.520. The normalized spacial score (nSPS) is 14.4. The van der Waals surface area contributed by atoms with Gasteiger partial charge in [-0.25, -0.2) is 4.79 Å². The SMILES string of the molecule is CC(C)CC(NC(=O)c1ccc(N=Nc2ccc(OCCCCCCCCCC[N+](C)(C)C)cc2)cc1)C(=O)OCCC(F)(F)C(F)(F)C(F)(F)C(F)(F)C(F)(F)C(F)(F)C(F)(F)C(F)(F)F. The highest BCUT2D eigenvalue weighted by atomic mass is 19.4. The highest BCUT2D eigenvalue weighted by molar-refractivity contribution is 5.97. The number of alkyl halides is 17. The molecule has 0 aliphatic carbocycles. The molecule has 1 unspecified atom stereocenters. The summed E-state index contributed by atoms with van der Waals surface area (Å²) in [5.74, 6) is -60.1. The van der Waals surface area contributed by atoms with E-state index in [1.165, 1.54) is 76.8 Å². The van der Waals surface area contributed by atoms with E-state index in [0.717, 1.165) is 23.7 Å². The fourth-order valence-electron chi connectivity index (χ4n) is 6.00. The molecule has 382 valence electrons. The van der Waals surface area contributed by atoms with Gasteiger partial charge in [-0.2, -0.15) is 84.9 Å². The van der Waals surface area contributed by atoms with Crippen LogP contribution in [0.3, 0.4) is 0 Å². The molecule has 0 fully saturated rings. The largest absolute Gasteiger partial charge is 0.494 e. The Labute approximate surface area is 375 Å². The van der Waals surface area contributed by atoms with Crippen molar-refractivity contribution in [3.8, 4) is 5.75 Å². The predicted molar refractivity (Wildman–Crippen MR) is 209 cm³/mol. The van der Waals surface area contributed by atoms with Gasteiger partial charge in [0.2, 0.25) is 0 Å². The topological polar surface area (TPSA) is 89.4 Å². The van der Waals surface area contributed by atoms with Gasteiger partial charge in [0.25, 0.3) is 5.91 Å². The monoisotopic (exact) mass is 999 g/mol. The molecule has 67 heavy (non-hydrogen) atoms. The summed E-state index contributed by atoms with van der Waals surface area (Å²) in [6, 6.07) is 9.94. The fraction of sp³-hybridized carbons (Fsp3) is 0.667. The number of benzene rings is 2. The van der Waals surface area contributed by atoms with Gasteiger partial charge < -0.3 is 19.3 Å². The third kappa shape index (κ3) is 14.8. The van der Waals surface area contributed by atoms with Gasteiger partial charge in [-0.15, -0.1) is 0 Å². The number of quaternary nitrogens is 1. The maximum Gasteiger partial charge on any atom is 0.460 e. The molecule has 2 aromatic carbocycles. The number of amides is 1. The minimum atomic E-state index is -8.76. The van der Waals surface area contributed by atoms with Gasteiger partial charge in [0, 0.05) is 5.56 Å². The zero-order chi connectivity index (χ0) is 51.5. The molecule has 0 aromatic heterocycles. The molecule has 2 aromatic rings. The summed E-state index contributed by atoms with van der Waals surface area (Å²) in [6.07, 6.45) is -2.04. The third-order valence-electron chi connectivity index (χ3n) is 9.98. The number of nitrogens with one attached hydrogen (secondary N) is 1. The molecule has 0 saturated heterocycles. The van der Waals surface area contributed by atoms with Crippen LogP contribution < -0.4 is 10.1 Å². The average Bonchev–Trinajstić information content (AvgIpc) is 3.20. The van der Waals surface area contributed by atoms with Crippen molar-refractivity contribution in [2.24, 2.45) is 16.1 Å². The van der Waals surface area contributed by atoms with Gasteiger partial charge in [-0.05, 0) is 80.1 Å². The Morgan fingerprint density at radius 1 is 0.567 bits per heavy atom. The molecule has 1 atom stereocenters. The zero-order valence-corrected chi connectivity index (χ0v) is 36.9. The summed E-state index contributed by atoms with van der Waals surface area (Å²) in [5, 5.41) is 10.3. The summed E-state index contributed by atoms with van der Waals surface area (Å²) in [4.78, 5) is 25.6. The van der Waals surface area contributed by atoms with E-state index in [-0.39, 0.29) is 17.7 Å². The van der Waals surface area contributed by atoms with E-state index in [2.05, 4.69) is 41.4 Å². The number of hydrogen-bond acceptors (Lipinski definition) is 6. The quantitative estimate of drug-likeness (QED) is 0.0302. The second kappa shape index (κ2) is 22.8. The Morgan fingerprint density at radius 2 is 0.985 bits per heavy atom. The first-order valence-corrected chi connectivity index (χ1v) is 20.7. The molecule has 8 nitrogen and oxygen atoms in total. The molecule has 25 heteroatoms. The van der Waals surface area contributed by atoms with Crippen LogP contribution in [0.4, 0.5) is 86.0 Å². The first-order valence-electron chi connectivity index (χ1n) is 20.7. The molecule has 0 spiro atoms. The van der Waals surface area contributed by atoms with Gasteiger partial charge in [0.05, 0.1) is 58.7 Å². The van der Waals surface area contributed by atoms with Gasteiger partial charge in [0.1, 0.15) is 11.8 Å². The maximum atomic E-state index is 14.4. The summed E-state index contributed by atoms with van der Waals surface area (Å²) < 4.78 is 242. The van der Waals surface area contributed by atoms with Gasteiger partial charge in [0.15, 0.2) is 0 Å². The number of azo groups is 1. The van der Waals surface area contributed by atoms with Crippen LogP contribution in [0, 0.1) is 5.92 Å². The minimum absolute atomic E-state index is 0.155. The van der Waals surface area contributed by atoms with Crippen LogP contribution in [0.25, 0.3) is 0 Å². The lowest BCUT2D eigenvalue weighted by Crippen LogP contribution is -2.74. The molecular formula is C42H52F17N4O4+. The first-order chi connectivity index (χ1) is 30.5. The standard InChI is InChI=1S/C42H51F17N4O4/c1-27(2)26-32(34(65)67-25-22-35(43,44)36(45,46)37(47,48)38(49,50)39(51,52)40(53,54)41(55,56)42(57,58)59)60-33(64)28-14-16-29(17-15-28)61-62-30-18-20-31(21-19-30)66-24-13-11-9-7-6-8-10-12-23-63(3,4)5/h14-21,27,32H,6-13,22-26H2,1-5H3/p+1. The number of esters is 1. The van der Waals surface area contributed by atoms with Crippen molar-refractivity contribution in [3.63, 3.8) is 0 Å². The van der Waals surface area contributed by atoms with E-state index in [1.54, 1.807) is 24.3 Å². The lowest BCUT2D eigenvalue weighted by atomic mass is 9.88.